The van der Waals surface area contributed by atoms with Crippen LogP contribution < -0.4 is 11.1 Å². The highest BCUT2D eigenvalue weighted by Gasteiger charge is 2.21. The zero-order valence-electron chi connectivity index (χ0n) is 9.84. The van der Waals surface area contributed by atoms with E-state index >= 15 is 0 Å². The van der Waals surface area contributed by atoms with E-state index in [0.717, 1.165) is 19.3 Å². The molecule has 1 aromatic carbocycles. The van der Waals surface area contributed by atoms with Gasteiger partial charge in [-0.3, -0.25) is 4.99 Å². The number of aliphatic imine (C=N–C) groups is 1. The number of aliphatic hydroxyl groups is 1. The molecule has 0 heterocycles. The van der Waals surface area contributed by atoms with E-state index in [1.807, 2.05) is 30.3 Å². The molecule has 17 heavy (non-hydrogen) atoms. The molecule has 0 spiro atoms. The van der Waals surface area contributed by atoms with Crippen LogP contribution in [0.2, 0.25) is 0 Å². The van der Waals surface area contributed by atoms with Gasteiger partial charge in [-0.05, 0) is 24.8 Å². The van der Waals surface area contributed by atoms with Crippen LogP contribution in [0.4, 0.5) is 0 Å². The minimum absolute atomic E-state index is 0.0514. The molecule has 1 aromatic rings. The Morgan fingerprint density at radius 3 is 2.71 bits per heavy atom. The third-order valence-electron chi connectivity index (χ3n) is 2.77. The van der Waals surface area contributed by atoms with E-state index in [1.165, 1.54) is 5.56 Å². The van der Waals surface area contributed by atoms with Crippen molar-refractivity contribution < 1.29 is 5.11 Å². The van der Waals surface area contributed by atoms with Crippen LogP contribution in [0, 0.1) is 0 Å². The number of aliphatic hydroxyl groups excluding tert-OH is 1. The number of hydrogen-bond acceptors (Lipinski definition) is 2. The topological polar surface area (TPSA) is 70.6 Å². The third kappa shape index (κ3) is 4.07. The maximum Gasteiger partial charge on any atom is 0.189 e. The second kappa shape index (κ2) is 5.68. The number of benzene rings is 1. The van der Waals surface area contributed by atoms with E-state index in [9.17, 15) is 5.11 Å². The minimum atomic E-state index is -0.0695. The summed E-state index contributed by atoms with van der Waals surface area (Å²) in [5.74, 6) is 0.447. The minimum Gasteiger partial charge on any atom is -0.394 e. The Bertz CT molecular complexity index is 374. The molecule has 4 nitrogen and oxygen atoms in total. The lowest BCUT2D eigenvalue weighted by Gasteiger charge is -2.16. The van der Waals surface area contributed by atoms with Gasteiger partial charge in [-0.1, -0.05) is 30.3 Å². The van der Waals surface area contributed by atoms with Crippen molar-refractivity contribution in [2.75, 3.05) is 6.61 Å². The molecule has 0 aromatic heterocycles. The van der Waals surface area contributed by atoms with Crippen molar-refractivity contribution in [3.05, 3.63) is 35.9 Å². The first kappa shape index (κ1) is 11.9. The van der Waals surface area contributed by atoms with E-state index in [2.05, 4.69) is 10.3 Å². The second-order valence-corrected chi connectivity index (χ2v) is 4.46. The van der Waals surface area contributed by atoms with Crippen molar-refractivity contribution in [1.82, 2.24) is 5.32 Å². The standard InChI is InChI=1S/C13H19N3O/c14-13(15-11-6-7-11)16-12(9-17)8-10-4-2-1-3-5-10/h1-5,11-12,17H,6-9H2,(H3,14,15,16). The van der Waals surface area contributed by atoms with Gasteiger partial charge in [0.1, 0.15) is 0 Å². The lowest BCUT2D eigenvalue weighted by atomic mass is 10.1. The zero-order chi connectivity index (χ0) is 12.1. The Kier molecular flexibility index (Phi) is 3.98. The van der Waals surface area contributed by atoms with Crippen LogP contribution in [-0.2, 0) is 6.42 Å². The Hall–Kier alpha value is -1.55. The highest BCUT2D eigenvalue weighted by molar-refractivity contribution is 5.78. The summed E-state index contributed by atoms with van der Waals surface area (Å²) in [6, 6.07) is 10.4. The van der Waals surface area contributed by atoms with E-state index in [4.69, 9.17) is 5.73 Å². The molecule has 1 aliphatic carbocycles. The van der Waals surface area contributed by atoms with Gasteiger partial charge in [-0.15, -0.1) is 0 Å². The van der Waals surface area contributed by atoms with Gasteiger partial charge in [-0.2, -0.15) is 0 Å². The molecule has 1 saturated carbocycles. The molecule has 4 heteroatoms. The van der Waals surface area contributed by atoms with Crippen LogP contribution in [0.25, 0.3) is 0 Å². The Balaban J connectivity index is 1.88. The molecule has 1 unspecified atom stereocenters. The summed E-state index contributed by atoms with van der Waals surface area (Å²) < 4.78 is 0. The van der Waals surface area contributed by atoms with Crippen LogP contribution in [-0.4, -0.2) is 29.8 Å². The third-order valence-corrected chi connectivity index (χ3v) is 2.77. The number of nitrogens with one attached hydrogen (secondary N) is 1. The highest BCUT2D eigenvalue weighted by atomic mass is 16.3. The molecule has 0 amide bonds. The van der Waals surface area contributed by atoms with E-state index in [0.29, 0.717) is 12.0 Å². The fourth-order valence-electron chi connectivity index (χ4n) is 1.71. The first-order valence-corrected chi connectivity index (χ1v) is 6.02. The van der Waals surface area contributed by atoms with Gasteiger partial charge in [0.05, 0.1) is 18.7 Å². The maximum atomic E-state index is 9.31. The summed E-state index contributed by atoms with van der Waals surface area (Å²) in [6.45, 7) is 0.0514. The number of nitrogens with zero attached hydrogens (tertiary/aromatic N) is 1. The lowest BCUT2D eigenvalue weighted by Crippen LogP contribution is -2.43. The average Bonchev–Trinajstić information content (AvgIpc) is 3.13. The summed E-state index contributed by atoms with van der Waals surface area (Å²) in [5.41, 5.74) is 6.95. The van der Waals surface area contributed by atoms with Crippen LogP contribution in [0.3, 0.4) is 0 Å². The Morgan fingerprint density at radius 1 is 1.41 bits per heavy atom. The summed E-state index contributed by atoms with van der Waals surface area (Å²) in [5, 5.41) is 12.4. The van der Waals surface area contributed by atoms with Gasteiger partial charge in [0.25, 0.3) is 0 Å². The average molecular weight is 233 g/mol. The van der Waals surface area contributed by atoms with E-state index in [-0.39, 0.29) is 12.6 Å². The molecular formula is C13H19N3O. The SMILES string of the molecule is NC(=NC1CC1)NC(CO)Cc1ccccc1. The van der Waals surface area contributed by atoms with Crippen LogP contribution in [0.1, 0.15) is 18.4 Å². The number of hydrogen-bond donors (Lipinski definition) is 3. The maximum absolute atomic E-state index is 9.31. The number of nitrogens with two attached hydrogens (primary N) is 1. The predicted octanol–water partition coefficient (Wildman–Crippen LogP) is 0.657. The van der Waals surface area contributed by atoms with Crippen molar-refractivity contribution in [2.24, 2.45) is 10.7 Å². The molecule has 0 saturated heterocycles. The van der Waals surface area contributed by atoms with Crippen LogP contribution in [0.15, 0.2) is 35.3 Å². The summed E-state index contributed by atoms with van der Waals surface area (Å²) in [6.07, 6.45) is 3.01. The fraction of sp³-hybridized carbons (Fsp3) is 0.462. The van der Waals surface area contributed by atoms with Crippen molar-refractivity contribution in [3.8, 4) is 0 Å². The van der Waals surface area contributed by atoms with Crippen LogP contribution in [0.5, 0.6) is 0 Å². The van der Waals surface area contributed by atoms with E-state index < -0.39 is 0 Å². The van der Waals surface area contributed by atoms with Gasteiger partial charge >= 0.3 is 0 Å². The first-order valence-electron chi connectivity index (χ1n) is 6.02. The van der Waals surface area contributed by atoms with E-state index in [1.54, 1.807) is 0 Å². The summed E-state index contributed by atoms with van der Waals surface area (Å²) in [7, 11) is 0. The molecule has 1 fully saturated rings. The lowest BCUT2D eigenvalue weighted by molar-refractivity contribution is 0.254. The smallest absolute Gasteiger partial charge is 0.189 e. The molecule has 92 valence electrons. The molecule has 4 N–H and O–H groups in total. The van der Waals surface area contributed by atoms with Gasteiger partial charge in [0.2, 0.25) is 0 Å². The second-order valence-electron chi connectivity index (χ2n) is 4.46. The molecule has 1 atom stereocenters. The zero-order valence-corrected chi connectivity index (χ0v) is 9.84. The Labute approximate surface area is 102 Å². The normalized spacial score (nSPS) is 17.8. The molecule has 0 aliphatic heterocycles. The van der Waals surface area contributed by atoms with Crippen molar-refractivity contribution >= 4 is 5.96 Å². The largest absolute Gasteiger partial charge is 0.394 e. The quantitative estimate of drug-likeness (QED) is 0.517. The molecular weight excluding hydrogens is 214 g/mol. The van der Waals surface area contributed by atoms with Crippen molar-refractivity contribution in [3.63, 3.8) is 0 Å². The molecule has 2 rings (SSSR count). The van der Waals surface area contributed by atoms with Crippen molar-refractivity contribution in [1.29, 1.82) is 0 Å². The predicted molar refractivity (Wildman–Crippen MR) is 68.8 cm³/mol. The van der Waals surface area contributed by atoms with Gasteiger partial charge in [0, 0.05) is 0 Å². The van der Waals surface area contributed by atoms with Crippen molar-refractivity contribution in [2.45, 2.75) is 31.3 Å². The van der Waals surface area contributed by atoms with Crippen LogP contribution >= 0.6 is 0 Å². The molecule has 0 bridgehead atoms. The fourth-order valence-corrected chi connectivity index (χ4v) is 1.71. The van der Waals surface area contributed by atoms with Gasteiger partial charge in [0.15, 0.2) is 5.96 Å². The Morgan fingerprint density at radius 2 is 2.12 bits per heavy atom. The molecule has 0 radical (unpaired) electrons. The monoisotopic (exact) mass is 233 g/mol. The molecule has 1 aliphatic rings. The summed E-state index contributed by atoms with van der Waals surface area (Å²) >= 11 is 0. The first-order chi connectivity index (χ1) is 8.28. The van der Waals surface area contributed by atoms with Gasteiger partial charge < -0.3 is 16.2 Å². The number of rotatable bonds is 5. The number of guanidine groups is 1. The highest BCUT2D eigenvalue weighted by Crippen LogP contribution is 2.22. The summed E-state index contributed by atoms with van der Waals surface area (Å²) in [4.78, 5) is 4.29. The van der Waals surface area contributed by atoms with Gasteiger partial charge in [-0.25, -0.2) is 0 Å².